The molecule has 1 fully saturated rings. The van der Waals surface area contributed by atoms with Crippen LogP contribution in [0.25, 0.3) is 10.8 Å². The molecule has 1 heterocycles. The van der Waals surface area contributed by atoms with Crippen LogP contribution in [0.15, 0.2) is 103 Å². The van der Waals surface area contributed by atoms with Crippen molar-refractivity contribution in [1.82, 2.24) is 10.2 Å². The van der Waals surface area contributed by atoms with E-state index in [1.54, 1.807) is 23.1 Å². The molecule has 3 aromatic rings. The second-order valence-electron chi connectivity index (χ2n) is 18.9. The summed E-state index contributed by atoms with van der Waals surface area (Å²) >= 11 is 0. The van der Waals surface area contributed by atoms with Gasteiger partial charge >= 0.3 is 12.2 Å². The summed E-state index contributed by atoms with van der Waals surface area (Å²) in [6.07, 6.45) is 21.9. The van der Waals surface area contributed by atoms with Crippen LogP contribution in [0.4, 0.5) is 9.59 Å². The summed E-state index contributed by atoms with van der Waals surface area (Å²) in [6.45, 7) is 11.3. The monoisotopic (exact) mass is 950 g/mol. The molecule has 1 aliphatic heterocycles. The summed E-state index contributed by atoms with van der Waals surface area (Å²) in [7, 11) is 1.53. The minimum absolute atomic E-state index is 0.00706. The number of rotatable bonds is 30. The predicted molar refractivity (Wildman–Crippen MR) is 273 cm³/mol. The molecule has 0 aromatic heterocycles. The van der Waals surface area contributed by atoms with E-state index in [9.17, 15) is 19.8 Å². The van der Waals surface area contributed by atoms with Gasteiger partial charge in [-0.1, -0.05) is 143 Å². The number of unbranched alkanes of at least 4 members (excludes halogenated alkanes) is 11. The lowest BCUT2D eigenvalue weighted by molar-refractivity contribution is -0.256. The first-order chi connectivity index (χ1) is 33.8. The first-order valence-electron chi connectivity index (χ1n) is 25.9. The van der Waals surface area contributed by atoms with Gasteiger partial charge in [-0.05, 0) is 90.5 Å². The third-order valence-electron chi connectivity index (χ3n) is 14.2. The van der Waals surface area contributed by atoms with Crippen molar-refractivity contribution < 1.29 is 43.6 Å². The highest BCUT2D eigenvalue weighted by Gasteiger charge is 2.65. The number of carbonyl (C=O) groups excluding carboxylic acids is 2. The maximum Gasteiger partial charge on any atom is 0.412 e. The first-order valence-corrected chi connectivity index (χ1v) is 25.9. The molecule has 3 N–H and O–H groups in total. The van der Waals surface area contributed by atoms with Gasteiger partial charge in [0.15, 0.2) is 0 Å². The van der Waals surface area contributed by atoms with Crippen LogP contribution in [0.5, 0.6) is 11.5 Å². The number of oxime groups is 1. The van der Waals surface area contributed by atoms with Crippen molar-refractivity contribution in [2.45, 2.75) is 147 Å². The zero-order valence-electron chi connectivity index (χ0n) is 41.4. The Hall–Kier alpha value is -5.17. The lowest BCUT2D eigenvalue weighted by Crippen LogP contribution is -2.70. The second kappa shape index (κ2) is 27.9. The van der Waals surface area contributed by atoms with Crippen LogP contribution < -0.4 is 14.8 Å². The zero-order chi connectivity index (χ0) is 48.9. The van der Waals surface area contributed by atoms with Crippen LogP contribution in [-0.2, 0) is 20.9 Å². The van der Waals surface area contributed by atoms with Crippen molar-refractivity contribution in [3.8, 4) is 11.5 Å². The number of hydrogen-bond acceptors (Lipinski definition) is 10. The first kappa shape index (κ1) is 53.2. The number of hydrogen-bond donors (Lipinski definition) is 3. The normalized spacial score (nSPS) is 21.9. The molecule has 1 saturated carbocycles. The van der Waals surface area contributed by atoms with Gasteiger partial charge in [-0.2, -0.15) is 0 Å². The molecular weight excluding hydrogens is 871 g/mol. The quantitative estimate of drug-likeness (QED) is 0.0337. The lowest BCUT2D eigenvalue weighted by Gasteiger charge is -2.59. The van der Waals surface area contributed by atoms with Gasteiger partial charge in [0.05, 0.1) is 31.4 Å². The fourth-order valence-electron chi connectivity index (χ4n) is 11.0. The molecule has 0 bridgehead atoms. The molecule has 0 saturated heterocycles. The largest absolute Gasteiger partial charge is 0.459 e. The molecule has 376 valence electrons. The van der Waals surface area contributed by atoms with Gasteiger partial charge < -0.3 is 39.3 Å². The number of ether oxygens (including phenoxy) is 4. The minimum Gasteiger partial charge on any atom is -0.459 e. The third-order valence-corrected chi connectivity index (χ3v) is 14.2. The highest BCUT2D eigenvalue weighted by molar-refractivity contribution is 6.03. The van der Waals surface area contributed by atoms with Gasteiger partial charge in [0.1, 0.15) is 24.7 Å². The molecule has 2 aliphatic carbocycles. The molecule has 6 rings (SSSR count). The number of carbonyl (C=O) groups is 2. The maximum atomic E-state index is 14.8. The Morgan fingerprint density at radius 3 is 2.33 bits per heavy atom. The molecule has 69 heavy (non-hydrogen) atoms. The lowest BCUT2D eigenvalue weighted by atomic mass is 9.55. The molecular formula is C57H79N3O9. The van der Waals surface area contributed by atoms with Gasteiger partial charge in [-0.3, -0.25) is 4.90 Å². The Morgan fingerprint density at radius 1 is 0.884 bits per heavy atom. The van der Waals surface area contributed by atoms with Gasteiger partial charge in [-0.15, -0.1) is 13.2 Å². The molecule has 6 atom stereocenters. The summed E-state index contributed by atoms with van der Waals surface area (Å²) in [5.41, 5.74) is 3.36. The summed E-state index contributed by atoms with van der Waals surface area (Å²) in [5.74, 6) is -1.35. The number of benzene rings is 3. The van der Waals surface area contributed by atoms with Crippen molar-refractivity contribution in [2.75, 3.05) is 40.1 Å². The number of nitrogens with one attached hydrogen (secondary N) is 1. The molecule has 2 amide bonds. The molecule has 12 nitrogen and oxygen atoms in total. The number of aliphatic hydroxyl groups is 2. The van der Waals surface area contributed by atoms with Crippen LogP contribution >= 0.6 is 0 Å². The fourth-order valence-corrected chi connectivity index (χ4v) is 11.0. The molecule has 3 aliphatic rings. The van der Waals surface area contributed by atoms with E-state index >= 15 is 0 Å². The molecule has 12 heteroatoms. The average molecular weight is 950 g/mol. The van der Waals surface area contributed by atoms with Crippen molar-refractivity contribution in [3.63, 3.8) is 0 Å². The summed E-state index contributed by atoms with van der Waals surface area (Å²) < 4.78 is 26.6. The Balaban J connectivity index is 1.41. The summed E-state index contributed by atoms with van der Waals surface area (Å²) in [4.78, 5) is 35.6. The number of fused-ring (bicyclic) bond motifs is 3. The zero-order valence-corrected chi connectivity index (χ0v) is 41.4. The molecule has 0 unspecified atom stereocenters. The smallest absolute Gasteiger partial charge is 0.412 e. The van der Waals surface area contributed by atoms with Crippen LogP contribution in [0.1, 0.15) is 140 Å². The average Bonchev–Trinajstić information content (AvgIpc) is 3.36. The van der Waals surface area contributed by atoms with Gasteiger partial charge in [-0.25, -0.2) is 9.59 Å². The Morgan fingerprint density at radius 2 is 1.61 bits per heavy atom. The summed E-state index contributed by atoms with van der Waals surface area (Å²) in [5, 5.41) is 29.7. The number of nitrogens with zero attached hydrogens (tertiary/aromatic N) is 2. The number of aliphatic hydroxyl groups excluding tert-OH is 2. The summed E-state index contributed by atoms with van der Waals surface area (Å²) in [6, 6.07) is 19.0. The van der Waals surface area contributed by atoms with Gasteiger partial charge in [0, 0.05) is 37.7 Å². The standard InChI is InChI=1S/C57H79N3O9/c1-5-8-10-11-12-13-14-15-16-21-33-58-55(63)68-45-31-32-51-49(39-45)53-47(30-20-23-35-62)43(26-19-22-34-61)38-48-50(59-65-4)40-52(57(69-51,54(48)53)67-36-7-3)60(56(64)66-37-9-6-2)41-44-28-24-27-42-25-17-18-29-46(42)44/h6-7,17-18,24-25,27-29,31-32,38-39,43,47,52-54,61-62H,2-3,5,8-16,19-23,26,30,33-37,40-41H2,1,4H3,(H,58,63)/t43-,47+,52-,53+,54+,57+/m0/s1. The van der Waals surface area contributed by atoms with Crippen LogP contribution in [0.2, 0.25) is 0 Å². The van der Waals surface area contributed by atoms with Gasteiger partial charge in [0.25, 0.3) is 0 Å². The predicted octanol–water partition coefficient (Wildman–Crippen LogP) is 12.3. The fraction of sp³-hybridized carbons (Fsp3) is 0.561. The Labute approximate surface area is 411 Å². The van der Waals surface area contributed by atoms with Crippen LogP contribution in [0.3, 0.4) is 0 Å². The SMILES string of the molecule is C=CCCOC(=O)N(Cc1cccc2ccccc12)[C@H]1CC(=NOC)C2=C[C@H](CCCCO)[C@@H](CCCCO)[C@@H]3c4cc(OC(=O)NCCCCCCCCCCCC)ccc4O[C@@]1(OCC=C)[C@H]23. The Bertz CT molecular complexity index is 2170. The maximum absolute atomic E-state index is 14.8. The van der Waals surface area contributed by atoms with E-state index in [4.69, 9.17) is 28.9 Å². The number of allylic oxidation sites excluding steroid dienone is 1. The van der Waals surface area contributed by atoms with E-state index in [1.165, 1.54) is 52.1 Å². The van der Waals surface area contributed by atoms with Crippen molar-refractivity contribution >= 4 is 28.7 Å². The second-order valence-corrected chi connectivity index (χ2v) is 18.9. The Kier molecular flexibility index (Phi) is 21.5. The van der Waals surface area contributed by atoms with Gasteiger partial charge in [0.2, 0.25) is 5.79 Å². The van der Waals surface area contributed by atoms with E-state index in [2.05, 4.69) is 49.7 Å². The number of amides is 2. The van der Waals surface area contributed by atoms with Crippen molar-refractivity contribution in [1.29, 1.82) is 0 Å². The van der Waals surface area contributed by atoms with E-state index in [-0.39, 0.29) is 57.1 Å². The van der Waals surface area contributed by atoms with E-state index < -0.39 is 29.9 Å². The molecule has 3 aromatic carbocycles. The third kappa shape index (κ3) is 13.8. The topological polar surface area (TPSA) is 148 Å². The van der Waals surface area contributed by atoms with E-state index in [0.717, 1.165) is 72.4 Å². The highest BCUT2D eigenvalue weighted by Crippen LogP contribution is 2.62. The highest BCUT2D eigenvalue weighted by atomic mass is 16.7. The van der Waals surface area contributed by atoms with Crippen LogP contribution in [-0.4, -0.2) is 84.9 Å². The van der Waals surface area contributed by atoms with Crippen LogP contribution in [0, 0.1) is 17.8 Å². The minimum atomic E-state index is -1.49. The van der Waals surface area contributed by atoms with Crippen molar-refractivity contribution in [2.24, 2.45) is 22.9 Å². The van der Waals surface area contributed by atoms with E-state index in [0.29, 0.717) is 43.0 Å². The molecule has 0 spiro atoms. The molecule has 0 radical (unpaired) electrons. The van der Waals surface area contributed by atoms with E-state index in [1.807, 2.05) is 36.4 Å². The van der Waals surface area contributed by atoms with Crippen molar-refractivity contribution in [3.05, 3.63) is 109 Å².